The van der Waals surface area contributed by atoms with Crippen LogP contribution in [0.1, 0.15) is 18.1 Å². The number of rotatable bonds is 6. The maximum atomic E-state index is 13.0. The fraction of sp³-hybridized carbons (Fsp3) is 0.400. The lowest BCUT2D eigenvalue weighted by atomic mass is 10.1. The Bertz CT molecular complexity index is 695. The topological polar surface area (TPSA) is 47.7 Å². The van der Waals surface area contributed by atoms with E-state index < -0.39 is 0 Å². The molecule has 2 atom stereocenters. The summed E-state index contributed by atoms with van der Waals surface area (Å²) in [5.74, 6) is 1.67. The van der Waals surface area contributed by atoms with E-state index in [9.17, 15) is 4.39 Å². The third kappa shape index (κ3) is 4.50. The van der Waals surface area contributed by atoms with Gasteiger partial charge in [0.2, 0.25) is 0 Å². The molecule has 0 radical (unpaired) electrons. The normalized spacial score (nSPS) is 20.6. The van der Waals surface area contributed by atoms with Crippen molar-refractivity contribution in [2.45, 2.75) is 26.1 Å². The lowest BCUT2D eigenvalue weighted by Gasteiger charge is -2.17. The van der Waals surface area contributed by atoms with Crippen LogP contribution in [0.2, 0.25) is 0 Å². The molecule has 1 fully saturated rings. The van der Waals surface area contributed by atoms with Gasteiger partial charge in [-0.2, -0.15) is 0 Å². The van der Waals surface area contributed by atoms with Gasteiger partial charge in [0.25, 0.3) is 0 Å². The van der Waals surface area contributed by atoms with Crippen LogP contribution in [-0.4, -0.2) is 31.1 Å². The Morgan fingerprint density at radius 3 is 2.44 bits per heavy atom. The molecule has 4 nitrogen and oxygen atoms in total. The first-order valence-electron chi connectivity index (χ1n) is 8.57. The molecule has 0 spiro atoms. The van der Waals surface area contributed by atoms with Gasteiger partial charge in [-0.15, -0.1) is 0 Å². The zero-order valence-corrected chi connectivity index (χ0v) is 14.7. The van der Waals surface area contributed by atoms with Gasteiger partial charge in [0.15, 0.2) is 11.5 Å². The molecular weight excluding hydrogens is 319 g/mol. The van der Waals surface area contributed by atoms with Crippen molar-refractivity contribution in [2.75, 3.05) is 20.2 Å². The number of likely N-dealkylation sites (tertiary alicyclic amines) is 1. The van der Waals surface area contributed by atoms with Gasteiger partial charge in [-0.1, -0.05) is 25.1 Å². The summed E-state index contributed by atoms with van der Waals surface area (Å²) in [6.07, 6.45) is 0. The minimum absolute atomic E-state index is 0.248. The number of methoxy groups -OCH3 is 1. The maximum absolute atomic E-state index is 13.0. The van der Waals surface area contributed by atoms with E-state index in [1.807, 2.05) is 12.1 Å². The molecule has 5 heteroatoms. The molecule has 3 rings (SSSR count). The predicted octanol–water partition coefficient (Wildman–Crippen LogP) is 3.19. The second-order valence-electron chi connectivity index (χ2n) is 6.74. The monoisotopic (exact) mass is 344 g/mol. The molecular formula is C20H25FN2O2. The lowest BCUT2D eigenvalue weighted by Crippen LogP contribution is -2.28. The second-order valence-corrected chi connectivity index (χ2v) is 6.74. The van der Waals surface area contributed by atoms with Gasteiger partial charge >= 0.3 is 0 Å². The summed E-state index contributed by atoms with van der Waals surface area (Å²) in [5, 5.41) is 0. The Morgan fingerprint density at radius 1 is 1.08 bits per heavy atom. The molecule has 1 aliphatic rings. The van der Waals surface area contributed by atoms with Crippen LogP contribution in [-0.2, 0) is 13.2 Å². The van der Waals surface area contributed by atoms with Gasteiger partial charge < -0.3 is 15.2 Å². The summed E-state index contributed by atoms with van der Waals surface area (Å²) in [6.45, 7) is 5.36. The van der Waals surface area contributed by atoms with E-state index in [1.165, 1.54) is 17.7 Å². The van der Waals surface area contributed by atoms with Gasteiger partial charge in [-0.05, 0) is 41.3 Å². The summed E-state index contributed by atoms with van der Waals surface area (Å²) in [7, 11) is 1.64. The number of hydrogen-bond donors (Lipinski definition) is 1. The van der Waals surface area contributed by atoms with E-state index >= 15 is 0 Å². The zero-order chi connectivity index (χ0) is 17.8. The van der Waals surface area contributed by atoms with Crippen LogP contribution in [0.15, 0.2) is 42.5 Å². The summed E-state index contributed by atoms with van der Waals surface area (Å²) in [4.78, 5) is 2.36. The highest BCUT2D eigenvalue weighted by Gasteiger charge is 2.26. The Labute approximate surface area is 148 Å². The first-order valence-corrected chi connectivity index (χ1v) is 8.57. The molecule has 1 heterocycles. The third-order valence-corrected chi connectivity index (χ3v) is 4.69. The van der Waals surface area contributed by atoms with Crippen LogP contribution in [0.5, 0.6) is 11.5 Å². The number of halogens is 1. The zero-order valence-electron chi connectivity index (χ0n) is 14.7. The molecule has 2 N–H and O–H groups in total. The van der Waals surface area contributed by atoms with Gasteiger partial charge in [0, 0.05) is 25.7 Å². The molecule has 0 amide bonds. The average Bonchev–Trinajstić information content (AvgIpc) is 2.92. The van der Waals surface area contributed by atoms with Crippen molar-refractivity contribution < 1.29 is 13.9 Å². The van der Waals surface area contributed by atoms with Crippen molar-refractivity contribution in [3.05, 3.63) is 59.4 Å². The Kier molecular flexibility index (Phi) is 5.56. The number of nitrogens with zero attached hydrogens (tertiary/aromatic N) is 1. The predicted molar refractivity (Wildman–Crippen MR) is 96.1 cm³/mol. The molecule has 2 unspecified atom stereocenters. The van der Waals surface area contributed by atoms with Crippen LogP contribution in [0, 0.1) is 11.7 Å². The molecule has 0 saturated carbocycles. The van der Waals surface area contributed by atoms with E-state index in [-0.39, 0.29) is 11.9 Å². The van der Waals surface area contributed by atoms with Gasteiger partial charge in [0.05, 0.1) is 7.11 Å². The summed E-state index contributed by atoms with van der Waals surface area (Å²) in [6, 6.07) is 12.5. The Hall–Kier alpha value is -2.11. The van der Waals surface area contributed by atoms with Crippen LogP contribution in [0.25, 0.3) is 0 Å². The van der Waals surface area contributed by atoms with E-state index in [0.29, 0.717) is 24.0 Å². The quantitative estimate of drug-likeness (QED) is 0.874. The highest BCUT2D eigenvalue weighted by Crippen LogP contribution is 2.30. The summed E-state index contributed by atoms with van der Waals surface area (Å²) in [5.41, 5.74) is 8.18. The first-order chi connectivity index (χ1) is 12.0. The smallest absolute Gasteiger partial charge is 0.161 e. The van der Waals surface area contributed by atoms with Gasteiger partial charge in [0.1, 0.15) is 12.4 Å². The molecule has 0 aliphatic carbocycles. The fourth-order valence-corrected chi connectivity index (χ4v) is 3.15. The SMILES string of the molecule is COc1cc(CN2CC(C)C(N)C2)ccc1OCc1ccc(F)cc1. The Morgan fingerprint density at radius 2 is 1.80 bits per heavy atom. The van der Waals surface area contributed by atoms with Crippen molar-refractivity contribution in [3.8, 4) is 11.5 Å². The number of ether oxygens (including phenoxy) is 2. The van der Waals surface area contributed by atoms with Crippen LogP contribution in [0.4, 0.5) is 4.39 Å². The highest BCUT2D eigenvalue weighted by atomic mass is 19.1. The molecule has 0 bridgehead atoms. The van der Waals surface area contributed by atoms with Crippen molar-refractivity contribution in [1.29, 1.82) is 0 Å². The van der Waals surface area contributed by atoms with Crippen LogP contribution in [0.3, 0.4) is 0 Å². The van der Waals surface area contributed by atoms with Crippen molar-refractivity contribution in [3.63, 3.8) is 0 Å². The van der Waals surface area contributed by atoms with E-state index in [4.69, 9.17) is 15.2 Å². The van der Waals surface area contributed by atoms with E-state index in [1.54, 1.807) is 19.2 Å². The molecule has 134 valence electrons. The van der Waals surface area contributed by atoms with Crippen LogP contribution < -0.4 is 15.2 Å². The van der Waals surface area contributed by atoms with Gasteiger partial charge in [-0.25, -0.2) is 4.39 Å². The fourth-order valence-electron chi connectivity index (χ4n) is 3.15. The maximum Gasteiger partial charge on any atom is 0.161 e. The summed E-state index contributed by atoms with van der Waals surface area (Å²) < 4.78 is 24.3. The van der Waals surface area contributed by atoms with Gasteiger partial charge in [-0.3, -0.25) is 4.90 Å². The first kappa shape index (κ1) is 17.7. The molecule has 25 heavy (non-hydrogen) atoms. The molecule has 2 aromatic carbocycles. The largest absolute Gasteiger partial charge is 0.493 e. The third-order valence-electron chi connectivity index (χ3n) is 4.69. The van der Waals surface area contributed by atoms with E-state index in [2.05, 4.69) is 17.9 Å². The lowest BCUT2D eigenvalue weighted by molar-refractivity contribution is 0.282. The Balaban J connectivity index is 1.64. The number of benzene rings is 2. The number of hydrogen-bond acceptors (Lipinski definition) is 4. The number of nitrogens with two attached hydrogens (primary N) is 1. The second kappa shape index (κ2) is 7.85. The van der Waals surface area contributed by atoms with E-state index in [0.717, 1.165) is 25.2 Å². The van der Waals surface area contributed by atoms with Crippen LogP contribution >= 0.6 is 0 Å². The van der Waals surface area contributed by atoms with Crippen molar-refractivity contribution in [2.24, 2.45) is 11.7 Å². The van der Waals surface area contributed by atoms with Crippen molar-refractivity contribution >= 4 is 0 Å². The molecule has 0 aromatic heterocycles. The minimum atomic E-state index is -0.248. The standard InChI is InChI=1S/C20H25FN2O2/c1-14-10-23(12-18(14)22)11-16-5-8-19(20(9-16)24-2)25-13-15-3-6-17(21)7-4-15/h3-9,14,18H,10-13,22H2,1-2H3. The average molecular weight is 344 g/mol. The van der Waals surface area contributed by atoms with Crippen molar-refractivity contribution in [1.82, 2.24) is 4.90 Å². The molecule has 2 aromatic rings. The minimum Gasteiger partial charge on any atom is -0.493 e. The highest BCUT2D eigenvalue weighted by molar-refractivity contribution is 5.43. The summed E-state index contributed by atoms with van der Waals surface area (Å²) >= 11 is 0. The molecule has 1 aliphatic heterocycles. The molecule has 1 saturated heterocycles.